The van der Waals surface area contributed by atoms with E-state index in [4.69, 9.17) is 23.2 Å². The topological polar surface area (TPSA) is 0 Å². The van der Waals surface area contributed by atoms with Crippen molar-refractivity contribution in [2.45, 2.75) is 71.1 Å². The van der Waals surface area contributed by atoms with Gasteiger partial charge in [0.15, 0.2) is 0 Å². The quantitative estimate of drug-likeness (QED) is 0.122. The molecule has 0 fully saturated rings. The van der Waals surface area contributed by atoms with E-state index in [1.807, 2.05) is 36.4 Å². The van der Waals surface area contributed by atoms with Crippen molar-refractivity contribution in [1.82, 2.24) is 0 Å². The van der Waals surface area contributed by atoms with Gasteiger partial charge in [0.2, 0.25) is 0 Å². The van der Waals surface area contributed by atoms with Gasteiger partial charge in [-0.15, -0.1) is 71.0 Å². The van der Waals surface area contributed by atoms with Crippen molar-refractivity contribution in [2.75, 3.05) is 0 Å². The summed E-state index contributed by atoms with van der Waals surface area (Å²) in [6, 6.07) is 37.4. The standard InChI is InChI=1S/C33H31Cl2.C15H8F6.C5H5.2ClH.Zr/c1-32(2,3)30-18-26-22(16-28(30)20-7-11-24(34)12-8-20)15-23-17-29(21-9-13-25(35)14-10-21)31(19-27(23)26)33(4,5)6;16-14(17,18)12-5-1-10(2-6-12)9-11-3-7-13(8-4-11)15(19,20)21;1-2-4-5-3-1;;;/h7-19H,1-6H3;1-8H;1-3H,4H2;2*1H;/q-1;;-1;;;+2. The predicted molar refractivity (Wildman–Crippen MR) is 258 cm³/mol. The molecule has 0 saturated carbocycles. The molecule has 0 nitrogen and oxygen atoms in total. The summed E-state index contributed by atoms with van der Waals surface area (Å²) in [5.74, 6) is 0. The van der Waals surface area contributed by atoms with Crippen LogP contribution in [-0.4, -0.2) is 3.21 Å². The molecule has 0 unspecified atom stereocenters. The van der Waals surface area contributed by atoms with E-state index in [-0.39, 0.29) is 35.6 Å². The van der Waals surface area contributed by atoms with Gasteiger partial charge in [-0.05, 0) is 68.5 Å². The van der Waals surface area contributed by atoms with Crippen molar-refractivity contribution >= 4 is 72.8 Å². The van der Waals surface area contributed by atoms with Crippen LogP contribution in [0.3, 0.4) is 0 Å². The average Bonchev–Trinajstić information content (AvgIpc) is 3.91. The van der Waals surface area contributed by atoms with E-state index in [1.165, 1.54) is 79.2 Å². The zero-order valence-electron chi connectivity index (χ0n) is 35.9. The Labute approximate surface area is 408 Å². The van der Waals surface area contributed by atoms with E-state index < -0.39 is 23.5 Å². The molecular weight excluding hydrogens is 984 g/mol. The molecule has 0 bridgehead atoms. The van der Waals surface area contributed by atoms with E-state index in [1.54, 1.807) is 0 Å². The van der Waals surface area contributed by atoms with Crippen molar-refractivity contribution < 1.29 is 50.6 Å². The van der Waals surface area contributed by atoms with E-state index in [0.29, 0.717) is 14.3 Å². The Bertz CT molecular complexity index is 2560. The molecule has 0 amide bonds. The van der Waals surface area contributed by atoms with Crippen molar-refractivity contribution in [3.05, 3.63) is 195 Å². The fourth-order valence-corrected chi connectivity index (χ4v) is 8.31. The Morgan fingerprint density at radius 1 is 0.547 bits per heavy atom. The van der Waals surface area contributed by atoms with Crippen LogP contribution in [0.4, 0.5) is 26.3 Å². The number of hydrogen-bond acceptors (Lipinski definition) is 0. The van der Waals surface area contributed by atoms with Gasteiger partial charge in [0, 0.05) is 10.0 Å². The Morgan fingerprint density at radius 2 is 0.906 bits per heavy atom. The second-order valence-electron chi connectivity index (χ2n) is 17.2. The summed E-state index contributed by atoms with van der Waals surface area (Å²) in [5, 5.41) is 6.69. The van der Waals surface area contributed by atoms with Gasteiger partial charge in [-0.3, -0.25) is 6.08 Å². The van der Waals surface area contributed by atoms with E-state index in [9.17, 15) is 26.3 Å². The first-order valence-electron chi connectivity index (χ1n) is 19.9. The van der Waals surface area contributed by atoms with Crippen LogP contribution < -0.4 is 0 Å². The van der Waals surface area contributed by atoms with E-state index >= 15 is 0 Å². The zero-order chi connectivity index (χ0) is 45.2. The second kappa shape index (κ2) is 21.2. The van der Waals surface area contributed by atoms with Crippen LogP contribution >= 0.6 is 48.0 Å². The van der Waals surface area contributed by atoms with Gasteiger partial charge in [-0.25, -0.2) is 12.2 Å². The van der Waals surface area contributed by atoms with Crippen LogP contribution in [0.15, 0.2) is 146 Å². The summed E-state index contributed by atoms with van der Waals surface area (Å²) in [6.07, 6.45) is 1.18. The molecule has 0 heterocycles. The molecule has 8 rings (SSSR count). The van der Waals surface area contributed by atoms with Crippen LogP contribution in [0.2, 0.25) is 10.0 Å². The molecule has 332 valence electrons. The molecule has 0 atom stereocenters. The number of alkyl halides is 6. The van der Waals surface area contributed by atoms with Crippen molar-refractivity contribution in [3.8, 4) is 22.3 Å². The Kier molecular flexibility index (Phi) is 17.5. The molecular formula is C53H46Cl4F6Zr. The number of rotatable bonds is 4. The first-order valence-corrected chi connectivity index (χ1v) is 21.9. The Morgan fingerprint density at radius 3 is 1.17 bits per heavy atom. The normalized spacial score (nSPS) is 12.5. The third-order valence-electron chi connectivity index (χ3n) is 10.5. The number of benzene rings is 6. The number of fused-ring (bicyclic) bond motifs is 3. The Hall–Kier alpha value is -3.84. The largest absolute Gasteiger partial charge is 0.273 e. The first-order chi connectivity index (χ1) is 29.0. The van der Waals surface area contributed by atoms with Gasteiger partial charge in [0.25, 0.3) is 0 Å². The number of allylic oxidation sites excluding steroid dienone is 4. The third-order valence-corrected chi connectivity index (χ3v) is 12.4. The average molecular weight is 1030 g/mol. The smallest absolute Gasteiger partial charge is 0.109 e. The van der Waals surface area contributed by atoms with Crippen LogP contribution in [0.1, 0.15) is 81.3 Å². The van der Waals surface area contributed by atoms with Crippen molar-refractivity contribution in [3.63, 3.8) is 0 Å². The molecule has 1 aliphatic carbocycles. The van der Waals surface area contributed by atoms with Crippen LogP contribution in [0, 0.1) is 6.08 Å². The summed E-state index contributed by atoms with van der Waals surface area (Å²) in [6.45, 7) is 13.7. The molecule has 1 aliphatic rings. The van der Waals surface area contributed by atoms with Gasteiger partial charge < -0.3 is 0 Å². The molecule has 7 aromatic rings. The molecule has 0 radical (unpaired) electrons. The van der Waals surface area contributed by atoms with Gasteiger partial charge in [0.1, 0.15) is 0 Å². The molecule has 64 heavy (non-hydrogen) atoms. The van der Waals surface area contributed by atoms with Gasteiger partial charge >= 0.3 is 137 Å². The summed E-state index contributed by atoms with van der Waals surface area (Å²) in [7, 11) is 0. The SMILES string of the molecule is CC(C)(C)c1cc2c(cc1-c1ccc(Cl)cc1)[cH-]c1cc(-c3ccc(Cl)cc3)c(C(C)(C)C)cc12.Cl.Cl.FC(F)(F)c1ccc([C](=[Zr+2])c2ccc(C(F)(F)F)cc2)cc1.[C-]1=CC=CC1. The Balaban J connectivity index is 0.000000265. The van der Waals surface area contributed by atoms with Gasteiger partial charge in [0.05, 0.1) is 0 Å². The minimum atomic E-state index is -4.41. The maximum Gasteiger partial charge on any atom is -0.109 e. The van der Waals surface area contributed by atoms with Gasteiger partial charge in [-0.1, -0.05) is 101 Å². The number of hydrogen-bond donors (Lipinski definition) is 0. The molecule has 0 aliphatic heterocycles. The van der Waals surface area contributed by atoms with E-state index in [2.05, 4.69) is 108 Å². The third kappa shape index (κ3) is 12.9. The van der Waals surface area contributed by atoms with Crippen molar-refractivity contribution in [2.24, 2.45) is 0 Å². The monoisotopic (exact) mass is 1030 g/mol. The maximum absolute atomic E-state index is 12.5. The maximum atomic E-state index is 12.5. The van der Waals surface area contributed by atoms with Crippen molar-refractivity contribution in [1.29, 1.82) is 0 Å². The summed E-state index contributed by atoms with van der Waals surface area (Å²) in [4.78, 5) is 0. The molecule has 0 N–H and O–H groups in total. The first kappa shape index (κ1) is 52.8. The van der Waals surface area contributed by atoms with Crippen LogP contribution in [0.5, 0.6) is 0 Å². The summed E-state index contributed by atoms with van der Waals surface area (Å²) < 4.78 is 75.6. The second-order valence-corrected chi connectivity index (χ2v) is 19.3. The van der Waals surface area contributed by atoms with E-state index in [0.717, 1.165) is 65.0 Å². The molecule has 11 heteroatoms. The fraction of sp³-hybridized carbons (Fsp3) is 0.208. The minimum Gasteiger partial charge on any atom is -0.273 e. The molecule has 7 aromatic carbocycles. The predicted octanol–water partition coefficient (Wildman–Crippen LogP) is 17.9. The molecule has 0 aromatic heterocycles. The summed E-state index contributed by atoms with van der Waals surface area (Å²) >= 11 is 13.3. The minimum absolute atomic E-state index is 0. The molecule has 0 saturated heterocycles. The van der Waals surface area contributed by atoms with Crippen LogP contribution in [0.25, 0.3) is 43.8 Å². The molecule has 0 spiro atoms. The van der Waals surface area contributed by atoms with Crippen LogP contribution in [-0.2, 0) is 47.4 Å². The van der Waals surface area contributed by atoms with Gasteiger partial charge in [-0.2, -0.15) is 6.08 Å². The summed E-state index contributed by atoms with van der Waals surface area (Å²) in [5.41, 5.74) is 7.24. The zero-order valence-corrected chi connectivity index (χ0v) is 41.5. The number of halogens is 10. The fourth-order valence-electron chi connectivity index (χ4n) is 7.24.